The molecular weight excluding hydrogens is 306 g/mol. The van der Waals surface area contributed by atoms with Crippen molar-refractivity contribution in [3.8, 4) is 0 Å². The van der Waals surface area contributed by atoms with Gasteiger partial charge in [0.25, 0.3) is 0 Å². The molecule has 0 radical (unpaired) electrons. The molecule has 122 valence electrons. The monoisotopic (exact) mass is 329 g/mol. The van der Waals surface area contributed by atoms with Gasteiger partial charge in [-0.05, 0) is 25.3 Å². The third kappa shape index (κ3) is 2.95. The summed E-state index contributed by atoms with van der Waals surface area (Å²) in [6.45, 7) is 10.0. The summed E-state index contributed by atoms with van der Waals surface area (Å²) in [6.07, 6.45) is 0. The Kier molecular flexibility index (Phi) is 4.35. The summed E-state index contributed by atoms with van der Waals surface area (Å²) >= 11 is 1.77. The second-order valence-corrected chi connectivity index (χ2v) is 7.13. The van der Waals surface area contributed by atoms with Crippen molar-refractivity contribution in [1.82, 2.24) is 19.7 Å². The molecule has 23 heavy (non-hydrogen) atoms. The van der Waals surface area contributed by atoms with Crippen molar-refractivity contribution in [2.75, 3.05) is 11.9 Å². The number of aryl methyl sites for hydroxylation is 2. The van der Waals surface area contributed by atoms with Gasteiger partial charge in [-0.1, -0.05) is 19.9 Å². The summed E-state index contributed by atoms with van der Waals surface area (Å²) in [4.78, 5) is 13.2. The van der Waals surface area contributed by atoms with Gasteiger partial charge >= 0.3 is 0 Å². The fraction of sp³-hybridized carbons (Fsp3) is 0.471. The molecule has 3 aromatic rings. The van der Waals surface area contributed by atoms with Gasteiger partial charge < -0.3 is 4.90 Å². The Morgan fingerprint density at radius 2 is 2.09 bits per heavy atom. The number of nitrogens with zero attached hydrogens (tertiary/aromatic N) is 5. The number of hydrogen-bond donors (Lipinski definition) is 0. The lowest BCUT2D eigenvalue weighted by Gasteiger charge is -2.20. The van der Waals surface area contributed by atoms with Crippen LogP contribution in [0.5, 0.6) is 0 Å². The molecule has 3 heterocycles. The van der Waals surface area contributed by atoms with Crippen molar-refractivity contribution in [2.24, 2.45) is 0 Å². The van der Waals surface area contributed by atoms with E-state index in [0.717, 1.165) is 41.5 Å². The summed E-state index contributed by atoms with van der Waals surface area (Å²) < 4.78 is 2.01. The summed E-state index contributed by atoms with van der Waals surface area (Å²) in [5, 5.41) is 6.75. The molecular formula is C17H23N5S. The summed E-state index contributed by atoms with van der Waals surface area (Å²) in [5.41, 5.74) is 2.98. The highest BCUT2D eigenvalue weighted by Crippen LogP contribution is 2.29. The molecule has 0 atom stereocenters. The van der Waals surface area contributed by atoms with E-state index in [2.05, 4.69) is 55.3 Å². The van der Waals surface area contributed by atoms with Crippen molar-refractivity contribution in [3.05, 3.63) is 33.9 Å². The number of thiophene rings is 1. The van der Waals surface area contributed by atoms with Crippen LogP contribution < -0.4 is 4.90 Å². The molecule has 0 aromatic carbocycles. The predicted octanol–water partition coefficient (Wildman–Crippen LogP) is 3.98. The summed E-state index contributed by atoms with van der Waals surface area (Å²) in [6, 6.07) is 4.24. The first kappa shape index (κ1) is 15.9. The van der Waals surface area contributed by atoms with Gasteiger partial charge in [-0.15, -0.1) is 11.3 Å². The van der Waals surface area contributed by atoms with Gasteiger partial charge in [0, 0.05) is 24.4 Å². The molecule has 5 nitrogen and oxygen atoms in total. The van der Waals surface area contributed by atoms with Crippen molar-refractivity contribution in [2.45, 2.75) is 46.7 Å². The molecule has 6 heteroatoms. The van der Waals surface area contributed by atoms with Gasteiger partial charge in [-0.25, -0.2) is 9.97 Å². The fourth-order valence-corrected chi connectivity index (χ4v) is 3.45. The van der Waals surface area contributed by atoms with Crippen LogP contribution in [-0.4, -0.2) is 26.8 Å². The minimum atomic E-state index is 0.290. The van der Waals surface area contributed by atoms with Crippen molar-refractivity contribution >= 4 is 28.2 Å². The number of aromatic nitrogens is 4. The lowest BCUT2D eigenvalue weighted by Crippen LogP contribution is -2.19. The Balaban J connectivity index is 2.15. The Hall–Kier alpha value is -1.95. The highest BCUT2D eigenvalue weighted by atomic mass is 32.1. The second-order valence-electron chi connectivity index (χ2n) is 6.09. The van der Waals surface area contributed by atoms with Crippen LogP contribution >= 0.6 is 11.3 Å². The molecule has 0 bridgehead atoms. The van der Waals surface area contributed by atoms with Gasteiger partial charge in [0.05, 0.1) is 12.2 Å². The topological polar surface area (TPSA) is 46.8 Å². The zero-order valence-electron chi connectivity index (χ0n) is 14.4. The molecule has 0 unspecified atom stereocenters. The lowest BCUT2D eigenvalue weighted by atomic mass is 10.2. The number of anilines is 1. The minimum absolute atomic E-state index is 0.290. The van der Waals surface area contributed by atoms with E-state index in [1.54, 1.807) is 11.3 Å². The van der Waals surface area contributed by atoms with E-state index < -0.39 is 0 Å². The van der Waals surface area contributed by atoms with E-state index in [1.807, 2.05) is 11.6 Å². The molecule has 0 fully saturated rings. The van der Waals surface area contributed by atoms with E-state index >= 15 is 0 Å². The number of fused-ring (bicyclic) bond motifs is 1. The third-order valence-electron chi connectivity index (χ3n) is 3.91. The van der Waals surface area contributed by atoms with Crippen molar-refractivity contribution < 1.29 is 0 Å². The first-order valence-corrected chi connectivity index (χ1v) is 8.87. The van der Waals surface area contributed by atoms with Gasteiger partial charge in [-0.2, -0.15) is 5.10 Å². The maximum absolute atomic E-state index is 4.86. The van der Waals surface area contributed by atoms with Gasteiger partial charge in [0.2, 0.25) is 0 Å². The third-order valence-corrected chi connectivity index (χ3v) is 4.77. The quantitative estimate of drug-likeness (QED) is 0.710. The largest absolute Gasteiger partial charge is 0.353 e. The Labute approximate surface area is 141 Å². The molecule has 0 aliphatic rings. The fourth-order valence-electron chi connectivity index (χ4n) is 2.69. The second kappa shape index (κ2) is 6.28. The van der Waals surface area contributed by atoms with Crippen LogP contribution in [0.1, 0.15) is 43.1 Å². The maximum Gasteiger partial charge on any atom is 0.158 e. The van der Waals surface area contributed by atoms with E-state index in [-0.39, 0.29) is 5.92 Å². The minimum Gasteiger partial charge on any atom is -0.353 e. The highest BCUT2D eigenvalue weighted by Gasteiger charge is 2.20. The molecule has 3 aromatic heterocycles. The van der Waals surface area contributed by atoms with Crippen LogP contribution in [0.3, 0.4) is 0 Å². The van der Waals surface area contributed by atoms with E-state index in [1.165, 1.54) is 4.88 Å². The van der Waals surface area contributed by atoms with Crippen LogP contribution in [-0.2, 0) is 13.1 Å². The Morgan fingerprint density at radius 3 is 2.70 bits per heavy atom. The smallest absolute Gasteiger partial charge is 0.158 e. The van der Waals surface area contributed by atoms with Crippen LogP contribution in [0.15, 0.2) is 17.5 Å². The Bertz CT molecular complexity index is 804. The van der Waals surface area contributed by atoms with Gasteiger partial charge in [0.1, 0.15) is 16.9 Å². The normalized spacial score (nSPS) is 11.6. The van der Waals surface area contributed by atoms with E-state index in [9.17, 15) is 0 Å². The van der Waals surface area contributed by atoms with E-state index in [4.69, 9.17) is 9.97 Å². The van der Waals surface area contributed by atoms with Crippen LogP contribution in [0.25, 0.3) is 11.0 Å². The molecule has 0 aliphatic carbocycles. The molecule has 0 saturated heterocycles. The lowest BCUT2D eigenvalue weighted by molar-refractivity contribution is 0.673. The SMILES string of the molecule is CCn1nc(C)c2nc(C(C)C)nc(N(C)Cc3cccs3)c21. The summed E-state index contributed by atoms with van der Waals surface area (Å²) in [5.74, 6) is 2.14. The predicted molar refractivity (Wildman–Crippen MR) is 96.2 cm³/mol. The average molecular weight is 329 g/mol. The first-order chi connectivity index (χ1) is 11.0. The van der Waals surface area contributed by atoms with Crippen molar-refractivity contribution in [3.63, 3.8) is 0 Å². The molecule has 0 N–H and O–H groups in total. The maximum atomic E-state index is 4.86. The average Bonchev–Trinajstić information content (AvgIpc) is 3.14. The highest BCUT2D eigenvalue weighted by molar-refractivity contribution is 7.09. The van der Waals surface area contributed by atoms with Crippen LogP contribution in [0.4, 0.5) is 5.82 Å². The number of hydrogen-bond acceptors (Lipinski definition) is 5. The standard InChI is InChI=1S/C17H23N5S/c1-6-22-15-14(12(4)20-22)18-16(11(2)3)19-17(15)21(5)10-13-8-7-9-23-13/h7-9,11H,6,10H2,1-5H3. The van der Waals surface area contributed by atoms with Crippen molar-refractivity contribution in [1.29, 1.82) is 0 Å². The molecule has 0 spiro atoms. The molecule has 0 amide bonds. The number of rotatable bonds is 5. The first-order valence-electron chi connectivity index (χ1n) is 7.99. The van der Waals surface area contributed by atoms with Crippen LogP contribution in [0, 0.1) is 6.92 Å². The van der Waals surface area contributed by atoms with Gasteiger partial charge in [-0.3, -0.25) is 4.68 Å². The molecule has 0 aliphatic heterocycles. The van der Waals surface area contributed by atoms with E-state index in [0.29, 0.717) is 0 Å². The van der Waals surface area contributed by atoms with Gasteiger partial charge in [0.15, 0.2) is 5.82 Å². The summed E-state index contributed by atoms with van der Waals surface area (Å²) in [7, 11) is 2.09. The zero-order valence-corrected chi connectivity index (χ0v) is 15.2. The Morgan fingerprint density at radius 1 is 1.30 bits per heavy atom. The molecule has 3 rings (SSSR count). The molecule has 0 saturated carbocycles. The zero-order chi connectivity index (χ0) is 16.6. The van der Waals surface area contributed by atoms with Crippen LogP contribution in [0.2, 0.25) is 0 Å².